The van der Waals surface area contributed by atoms with Crippen LogP contribution in [0.5, 0.6) is 5.75 Å². The molecule has 1 amide bonds. The molecule has 1 aliphatic heterocycles. The van der Waals surface area contributed by atoms with Crippen molar-refractivity contribution in [2.24, 2.45) is 0 Å². The lowest BCUT2D eigenvalue weighted by atomic mass is 10.2. The van der Waals surface area contributed by atoms with Crippen molar-refractivity contribution in [1.82, 2.24) is 10.2 Å². The molecule has 5 nitrogen and oxygen atoms in total. The van der Waals surface area contributed by atoms with E-state index in [1.54, 1.807) is 11.3 Å². The van der Waals surface area contributed by atoms with Crippen molar-refractivity contribution >= 4 is 17.2 Å². The molecule has 27 heavy (non-hydrogen) atoms. The van der Waals surface area contributed by atoms with Crippen molar-refractivity contribution in [2.75, 3.05) is 39.5 Å². The minimum absolute atomic E-state index is 0.0817. The number of ether oxygens (including phenoxy) is 2. The lowest BCUT2D eigenvalue weighted by Crippen LogP contribution is -2.43. The Morgan fingerprint density at radius 2 is 2.07 bits per heavy atom. The average molecular weight is 389 g/mol. The molecule has 1 aromatic heterocycles. The maximum Gasteiger partial charge on any atom is 0.220 e. The van der Waals surface area contributed by atoms with E-state index in [1.165, 1.54) is 4.88 Å². The maximum atomic E-state index is 12.3. The molecule has 0 bridgehead atoms. The summed E-state index contributed by atoms with van der Waals surface area (Å²) >= 11 is 1.74. The number of thiophene rings is 1. The Kier molecular flexibility index (Phi) is 7.68. The van der Waals surface area contributed by atoms with Crippen LogP contribution in [0.3, 0.4) is 0 Å². The maximum absolute atomic E-state index is 12.3. The van der Waals surface area contributed by atoms with Gasteiger partial charge in [0.15, 0.2) is 0 Å². The molecule has 1 fully saturated rings. The zero-order valence-corrected chi connectivity index (χ0v) is 16.7. The highest BCUT2D eigenvalue weighted by atomic mass is 32.1. The van der Waals surface area contributed by atoms with Crippen molar-refractivity contribution in [2.45, 2.75) is 25.8 Å². The molecule has 1 aliphatic rings. The molecule has 1 unspecified atom stereocenters. The van der Waals surface area contributed by atoms with E-state index in [4.69, 9.17) is 9.47 Å². The van der Waals surface area contributed by atoms with Gasteiger partial charge in [0.05, 0.1) is 25.9 Å². The van der Waals surface area contributed by atoms with Gasteiger partial charge in [-0.2, -0.15) is 0 Å². The number of carbonyl (C=O) groups excluding carboxylic acids is 1. The van der Waals surface area contributed by atoms with Crippen LogP contribution in [0.15, 0.2) is 41.8 Å². The number of rotatable bonds is 9. The number of hydrogen-bond acceptors (Lipinski definition) is 5. The van der Waals surface area contributed by atoms with Crippen LogP contribution in [0.2, 0.25) is 0 Å². The van der Waals surface area contributed by atoms with Crippen LogP contribution in [0.4, 0.5) is 0 Å². The summed E-state index contributed by atoms with van der Waals surface area (Å²) in [5.41, 5.74) is 1.12. The number of amides is 1. The highest BCUT2D eigenvalue weighted by Crippen LogP contribution is 2.25. The summed E-state index contributed by atoms with van der Waals surface area (Å²) < 4.78 is 11.2. The lowest BCUT2D eigenvalue weighted by Gasteiger charge is -2.34. The second kappa shape index (κ2) is 10.4. The van der Waals surface area contributed by atoms with Crippen LogP contribution in [-0.2, 0) is 9.53 Å². The highest BCUT2D eigenvalue weighted by Gasteiger charge is 2.23. The van der Waals surface area contributed by atoms with E-state index in [2.05, 4.69) is 27.7 Å². The van der Waals surface area contributed by atoms with Gasteiger partial charge < -0.3 is 14.8 Å². The number of benzene rings is 1. The van der Waals surface area contributed by atoms with Gasteiger partial charge in [0, 0.05) is 30.9 Å². The number of hydrogen-bond donors (Lipinski definition) is 1. The normalized spacial score (nSPS) is 16.0. The van der Waals surface area contributed by atoms with E-state index in [9.17, 15) is 4.79 Å². The first-order chi connectivity index (χ1) is 13.2. The smallest absolute Gasteiger partial charge is 0.220 e. The van der Waals surface area contributed by atoms with E-state index in [0.717, 1.165) is 37.6 Å². The molecule has 0 saturated carbocycles. The molecule has 1 aromatic carbocycles. The molecule has 2 aromatic rings. The fourth-order valence-corrected chi connectivity index (χ4v) is 4.07. The van der Waals surface area contributed by atoms with Crippen molar-refractivity contribution in [1.29, 1.82) is 0 Å². The number of nitrogens with zero attached hydrogens (tertiary/aromatic N) is 1. The molecular formula is C21H28N2O3S. The number of aryl methyl sites for hydroxylation is 1. The standard InChI is InChI=1S/C21H28N2O3S/c1-17-6-2-3-7-19(17)26-12-4-9-21(24)22-16-18(20-8-5-15-27-20)23-10-13-25-14-11-23/h2-3,5-8,15,18H,4,9-14,16H2,1H3,(H,22,24). The molecular weight excluding hydrogens is 360 g/mol. The van der Waals surface area contributed by atoms with E-state index >= 15 is 0 Å². The third kappa shape index (κ3) is 6.06. The Labute approximate surface area is 165 Å². The van der Waals surface area contributed by atoms with Crippen LogP contribution in [-0.4, -0.2) is 50.3 Å². The van der Waals surface area contributed by atoms with Crippen molar-refractivity contribution < 1.29 is 14.3 Å². The fourth-order valence-electron chi connectivity index (χ4n) is 3.21. The van der Waals surface area contributed by atoms with E-state index in [-0.39, 0.29) is 11.9 Å². The van der Waals surface area contributed by atoms with E-state index < -0.39 is 0 Å². The molecule has 1 N–H and O–H groups in total. The topological polar surface area (TPSA) is 50.8 Å². The summed E-state index contributed by atoms with van der Waals surface area (Å²) in [5, 5.41) is 5.20. The lowest BCUT2D eigenvalue weighted by molar-refractivity contribution is -0.121. The Morgan fingerprint density at radius 1 is 1.26 bits per heavy atom. The number of nitrogens with one attached hydrogen (secondary N) is 1. The van der Waals surface area contributed by atoms with Crippen molar-refractivity contribution in [3.63, 3.8) is 0 Å². The largest absolute Gasteiger partial charge is 0.493 e. The van der Waals surface area contributed by atoms with Crippen LogP contribution in [0, 0.1) is 6.92 Å². The molecule has 2 heterocycles. The Bertz CT molecular complexity index is 699. The molecule has 1 saturated heterocycles. The van der Waals surface area contributed by atoms with E-state index in [0.29, 0.717) is 26.0 Å². The highest BCUT2D eigenvalue weighted by molar-refractivity contribution is 7.10. The fraction of sp³-hybridized carbons (Fsp3) is 0.476. The number of carbonyl (C=O) groups is 1. The predicted octanol–water partition coefficient (Wildman–Crippen LogP) is 3.41. The predicted molar refractivity (Wildman–Crippen MR) is 108 cm³/mol. The van der Waals surface area contributed by atoms with Gasteiger partial charge in [-0.25, -0.2) is 0 Å². The van der Waals surface area contributed by atoms with Gasteiger partial charge in [-0.05, 0) is 36.4 Å². The molecule has 146 valence electrons. The summed E-state index contributed by atoms with van der Waals surface area (Å²) in [5.74, 6) is 0.973. The van der Waals surface area contributed by atoms with Crippen molar-refractivity contribution in [3.8, 4) is 5.75 Å². The Morgan fingerprint density at radius 3 is 2.81 bits per heavy atom. The molecule has 3 rings (SSSR count). The van der Waals surface area contributed by atoms with Gasteiger partial charge in [-0.1, -0.05) is 24.3 Å². The minimum atomic E-state index is 0.0817. The van der Waals surface area contributed by atoms with Gasteiger partial charge >= 0.3 is 0 Å². The van der Waals surface area contributed by atoms with Gasteiger partial charge in [0.1, 0.15) is 5.75 Å². The molecule has 0 spiro atoms. The summed E-state index contributed by atoms with van der Waals surface area (Å²) in [6.07, 6.45) is 1.19. The Hall–Kier alpha value is -1.89. The van der Waals surface area contributed by atoms with Gasteiger partial charge in [-0.3, -0.25) is 9.69 Å². The molecule has 0 aliphatic carbocycles. The Balaban J connectivity index is 1.41. The van der Waals surface area contributed by atoms with Gasteiger partial charge in [0.2, 0.25) is 5.91 Å². The first kappa shape index (κ1) is 19.9. The third-order valence-electron chi connectivity index (χ3n) is 4.75. The summed E-state index contributed by atoms with van der Waals surface area (Å²) in [6.45, 7) is 6.54. The first-order valence-electron chi connectivity index (χ1n) is 9.54. The zero-order chi connectivity index (χ0) is 18.9. The zero-order valence-electron chi connectivity index (χ0n) is 15.9. The van der Waals surface area contributed by atoms with Gasteiger partial charge in [-0.15, -0.1) is 11.3 Å². The second-order valence-electron chi connectivity index (χ2n) is 6.70. The van der Waals surface area contributed by atoms with Crippen molar-refractivity contribution in [3.05, 3.63) is 52.2 Å². The van der Waals surface area contributed by atoms with Crippen LogP contribution in [0.25, 0.3) is 0 Å². The second-order valence-corrected chi connectivity index (χ2v) is 7.68. The quantitative estimate of drug-likeness (QED) is 0.669. The minimum Gasteiger partial charge on any atom is -0.493 e. The van der Waals surface area contributed by atoms with Gasteiger partial charge in [0.25, 0.3) is 0 Å². The third-order valence-corrected chi connectivity index (χ3v) is 5.72. The number of morpholine rings is 1. The van der Waals surface area contributed by atoms with Crippen LogP contribution < -0.4 is 10.1 Å². The molecule has 0 radical (unpaired) electrons. The van der Waals surface area contributed by atoms with E-state index in [1.807, 2.05) is 31.2 Å². The molecule has 1 atom stereocenters. The molecule has 6 heteroatoms. The average Bonchev–Trinajstić information content (AvgIpc) is 3.22. The van der Waals surface area contributed by atoms with Crippen LogP contribution >= 0.6 is 11.3 Å². The first-order valence-corrected chi connectivity index (χ1v) is 10.4. The number of para-hydroxylation sites is 1. The summed E-state index contributed by atoms with van der Waals surface area (Å²) in [6, 6.07) is 12.4. The van der Waals surface area contributed by atoms with Crippen LogP contribution in [0.1, 0.15) is 29.3 Å². The summed E-state index contributed by atoms with van der Waals surface area (Å²) in [7, 11) is 0. The monoisotopic (exact) mass is 388 g/mol. The summed E-state index contributed by atoms with van der Waals surface area (Å²) in [4.78, 5) is 16.0. The SMILES string of the molecule is Cc1ccccc1OCCCC(=O)NCC(c1cccs1)N1CCOCC1.